The van der Waals surface area contributed by atoms with E-state index in [1.165, 1.54) is 6.42 Å². The van der Waals surface area contributed by atoms with Crippen molar-refractivity contribution in [3.63, 3.8) is 0 Å². The van der Waals surface area contributed by atoms with Gasteiger partial charge in [0.25, 0.3) is 0 Å². The Kier molecular flexibility index (Phi) is 5.35. The summed E-state index contributed by atoms with van der Waals surface area (Å²) in [6.45, 7) is 3.49. The molecule has 4 rings (SSSR count). The molecule has 3 N–H and O–H groups in total. The first kappa shape index (κ1) is 17.9. The SMILES string of the molecule is Cc1cccc(OCc2cn(CC(=O)NC3CCCC4CNNC43)nn2)c1. The van der Waals surface area contributed by atoms with Crippen LogP contribution in [0.2, 0.25) is 0 Å². The van der Waals surface area contributed by atoms with Crippen LogP contribution in [0.3, 0.4) is 0 Å². The number of aryl methyl sites for hydroxylation is 1. The molecule has 144 valence electrons. The Balaban J connectivity index is 1.28. The van der Waals surface area contributed by atoms with Gasteiger partial charge in [0.15, 0.2) is 0 Å². The van der Waals surface area contributed by atoms with Gasteiger partial charge in [0.1, 0.15) is 24.6 Å². The molecule has 1 aromatic carbocycles. The summed E-state index contributed by atoms with van der Waals surface area (Å²) in [6.07, 6.45) is 5.13. The number of benzene rings is 1. The van der Waals surface area contributed by atoms with E-state index in [4.69, 9.17) is 4.74 Å². The number of hydrogen-bond acceptors (Lipinski definition) is 6. The van der Waals surface area contributed by atoms with Crippen molar-refractivity contribution in [1.82, 2.24) is 31.2 Å². The smallest absolute Gasteiger partial charge is 0.242 e. The molecule has 2 fully saturated rings. The van der Waals surface area contributed by atoms with E-state index in [1.807, 2.05) is 31.2 Å². The van der Waals surface area contributed by atoms with E-state index in [2.05, 4.69) is 26.5 Å². The van der Waals surface area contributed by atoms with Crippen molar-refractivity contribution in [3.8, 4) is 5.75 Å². The fourth-order valence-electron chi connectivity index (χ4n) is 3.95. The normalized spacial score (nSPS) is 24.4. The highest BCUT2D eigenvalue weighted by atomic mass is 16.5. The number of rotatable bonds is 6. The van der Waals surface area contributed by atoms with Gasteiger partial charge in [-0.2, -0.15) is 0 Å². The number of amides is 1. The number of carbonyl (C=O) groups excluding carboxylic acids is 1. The van der Waals surface area contributed by atoms with E-state index < -0.39 is 0 Å². The number of hydrazine groups is 1. The quantitative estimate of drug-likeness (QED) is 0.700. The number of fused-ring (bicyclic) bond motifs is 1. The third kappa shape index (κ3) is 4.45. The molecule has 3 unspecified atom stereocenters. The maximum atomic E-state index is 12.4. The predicted octanol–water partition coefficient (Wildman–Crippen LogP) is 0.927. The minimum Gasteiger partial charge on any atom is -0.487 e. The number of nitrogens with one attached hydrogen (secondary N) is 3. The molecule has 3 atom stereocenters. The molecule has 2 heterocycles. The van der Waals surface area contributed by atoms with Gasteiger partial charge >= 0.3 is 0 Å². The summed E-state index contributed by atoms with van der Waals surface area (Å²) in [7, 11) is 0. The number of carbonyl (C=O) groups is 1. The maximum Gasteiger partial charge on any atom is 0.242 e. The second kappa shape index (κ2) is 8.06. The molecule has 0 radical (unpaired) electrons. The molecule has 8 heteroatoms. The van der Waals surface area contributed by atoms with Crippen molar-refractivity contribution in [2.24, 2.45) is 5.92 Å². The van der Waals surface area contributed by atoms with Crippen LogP contribution in [0.1, 0.15) is 30.5 Å². The van der Waals surface area contributed by atoms with Crippen LogP contribution >= 0.6 is 0 Å². The molecule has 0 spiro atoms. The van der Waals surface area contributed by atoms with Crippen molar-refractivity contribution in [2.45, 2.75) is 51.4 Å². The summed E-state index contributed by atoms with van der Waals surface area (Å²) in [6, 6.07) is 8.34. The molecule has 0 bridgehead atoms. The van der Waals surface area contributed by atoms with Crippen LogP contribution in [-0.4, -0.2) is 39.5 Å². The molecule has 1 aromatic heterocycles. The van der Waals surface area contributed by atoms with Crippen molar-refractivity contribution in [1.29, 1.82) is 0 Å². The van der Waals surface area contributed by atoms with Crippen LogP contribution in [0.4, 0.5) is 0 Å². The van der Waals surface area contributed by atoms with Crippen LogP contribution in [0, 0.1) is 12.8 Å². The van der Waals surface area contributed by atoms with Crippen LogP contribution in [-0.2, 0) is 17.9 Å². The van der Waals surface area contributed by atoms with Gasteiger partial charge in [-0.1, -0.05) is 23.8 Å². The van der Waals surface area contributed by atoms with Gasteiger partial charge in [0, 0.05) is 18.6 Å². The zero-order valence-corrected chi connectivity index (χ0v) is 15.5. The summed E-state index contributed by atoms with van der Waals surface area (Å²) >= 11 is 0. The van der Waals surface area contributed by atoms with Gasteiger partial charge in [-0.25, -0.2) is 4.68 Å². The summed E-state index contributed by atoms with van der Waals surface area (Å²) < 4.78 is 7.29. The highest BCUT2D eigenvalue weighted by Gasteiger charge is 2.37. The van der Waals surface area contributed by atoms with Crippen LogP contribution in [0.5, 0.6) is 5.75 Å². The average Bonchev–Trinajstić information content (AvgIpc) is 3.30. The predicted molar refractivity (Wildman–Crippen MR) is 99.7 cm³/mol. The second-order valence-electron chi connectivity index (χ2n) is 7.43. The Labute approximate surface area is 158 Å². The van der Waals surface area contributed by atoms with E-state index in [1.54, 1.807) is 10.9 Å². The molecular formula is C19H26N6O2. The number of aromatic nitrogens is 3. The van der Waals surface area contributed by atoms with E-state index in [0.29, 0.717) is 24.3 Å². The van der Waals surface area contributed by atoms with Crippen molar-refractivity contribution in [2.75, 3.05) is 6.54 Å². The van der Waals surface area contributed by atoms with Gasteiger partial charge in [0.05, 0.1) is 6.20 Å². The Bertz CT molecular complexity index is 792. The van der Waals surface area contributed by atoms with Crippen molar-refractivity contribution >= 4 is 5.91 Å². The average molecular weight is 370 g/mol. The van der Waals surface area contributed by atoms with Gasteiger partial charge in [-0.3, -0.25) is 15.6 Å². The molecule has 1 aliphatic heterocycles. The molecule has 1 aliphatic carbocycles. The number of nitrogens with zero attached hydrogens (tertiary/aromatic N) is 3. The van der Waals surface area contributed by atoms with E-state index in [9.17, 15) is 4.79 Å². The summed E-state index contributed by atoms with van der Waals surface area (Å²) in [5, 5.41) is 11.3. The zero-order valence-electron chi connectivity index (χ0n) is 15.5. The number of ether oxygens (including phenoxy) is 1. The Morgan fingerprint density at radius 3 is 3.22 bits per heavy atom. The lowest BCUT2D eigenvalue weighted by molar-refractivity contribution is -0.123. The third-order valence-corrected chi connectivity index (χ3v) is 5.28. The van der Waals surface area contributed by atoms with Crippen molar-refractivity contribution < 1.29 is 9.53 Å². The zero-order chi connectivity index (χ0) is 18.6. The largest absolute Gasteiger partial charge is 0.487 e. The monoisotopic (exact) mass is 370 g/mol. The first-order chi connectivity index (χ1) is 13.2. The molecule has 2 aliphatic rings. The Morgan fingerprint density at radius 1 is 1.41 bits per heavy atom. The first-order valence-corrected chi connectivity index (χ1v) is 9.53. The lowest BCUT2D eigenvalue weighted by Gasteiger charge is -2.33. The fourth-order valence-corrected chi connectivity index (χ4v) is 3.95. The van der Waals surface area contributed by atoms with Crippen molar-refractivity contribution in [3.05, 3.63) is 41.7 Å². The lowest BCUT2D eigenvalue weighted by atomic mass is 9.82. The van der Waals surface area contributed by atoms with Gasteiger partial charge in [-0.05, 0) is 43.4 Å². The fraction of sp³-hybridized carbons (Fsp3) is 0.526. The summed E-state index contributed by atoms with van der Waals surface area (Å²) in [4.78, 5) is 12.4. The van der Waals surface area contributed by atoms with Gasteiger partial charge in [-0.15, -0.1) is 5.10 Å². The number of hydrogen-bond donors (Lipinski definition) is 3. The van der Waals surface area contributed by atoms with E-state index >= 15 is 0 Å². The molecule has 1 saturated carbocycles. The Morgan fingerprint density at radius 2 is 2.33 bits per heavy atom. The third-order valence-electron chi connectivity index (χ3n) is 5.28. The molecule has 8 nitrogen and oxygen atoms in total. The minimum atomic E-state index is -0.0367. The first-order valence-electron chi connectivity index (χ1n) is 9.53. The van der Waals surface area contributed by atoms with E-state index in [0.717, 1.165) is 30.7 Å². The lowest BCUT2D eigenvalue weighted by Crippen LogP contribution is -2.53. The molecule has 2 aromatic rings. The summed E-state index contributed by atoms with van der Waals surface area (Å²) in [5.74, 6) is 1.36. The van der Waals surface area contributed by atoms with Gasteiger partial charge < -0.3 is 10.1 Å². The van der Waals surface area contributed by atoms with E-state index in [-0.39, 0.29) is 18.5 Å². The van der Waals surface area contributed by atoms with Crippen LogP contribution < -0.4 is 20.9 Å². The molecule has 27 heavy (non-hydrogen) atoms. The minimum absolute atomic E-state index is 0.0367. The molecular weight excluding hydrogens is 344 g/mol. The highest BCUT2D eigenvalue weighted by Crippen LogP contribution is 2.26. The second-order valence-corrected chi connectivity index (χ2v) is 7.43. The Hall–Kier alpha value is -2.45. The van der Waals surface area contributed by atoms with Crippen LogP contribution in [0.25, 0.3) is 0 Å². The molecule has 1 saturated heterocycles. The van der Waals surface area contributed by atoms with Crippen LogP contribution in [0.15, 0.2) is 30.5 Å². The molecule has 1 amide bonds. The standard InChI is InChI=1S/C19H26N6O2/c1-13-4-2-6-16(8-13)27-12-15-10-25(24-22-15)11-18(26)21-17-7-3-5-14-9-20-23-19(14)17/h2,4,6,8,10,14,17,19-20,23H,3,5,7,9,11-12H2,1H3,(H,21,26). The maximum absolute atomic E-state index is 12.4. The highest BCUT2D eigenvalue weighted by molar-refractivity contribution is 5.76. The topological polar surface area (TPSA) is 93.1 Å². The summed E-state index contributed by atoms with van der Waals surface area (Å²) in [5.41, 5.74) is 8.35. The van der Waals surface area contributed by atoms with Gasteiger partial charge in [0.2, 0.25) is 5.91 Å².